The molecule has 1 aromatic carbocycles. The number of carbonyl (C=O) groups is 1. The Morgan fingerprint density at radius 1 is 1.24 bits per heavy atom. The van der Waals surface area contributed by atoms with Gasteiger partial charge < -0.3 is 14.8 Å². The van der Waals surface area contributed by atoms with Crippen molar-refractivity contribution in [1.29, 1.82) is 0 Å². The molecule has 2 N–H and O–H groups in total. The predicted molar refractivity (Wildman–Crippen MR) is 80.3 cm³/mol. The van der Waals surface area contributed by atoms with Gasteiger partial charge in [-0.05, 0) is 18.6 Å². The molecular weight excluding hydrogens is 296 g/mol. The minimum absolute atomic E-state index is 0.00780. The third-order valence-corrected chi connectivity index (χ3v) is 4.14. The lowest BCUT2D eigenvalue weighted by Crippen LogP contribution is -2.34. The molecule has 21 heavy (non-hydrogen) atoms. The van der Waals surface area contributed by atoms with Crippen LogP contribution in [0, 0.1) is 0 Å². The number of benzene rings is 1. The number of amides is 1. The third kappa shape index (κ3) is 5.60. The molecule has 1 aromatic rings. The Balaban J connectivity index is 2.67. The maximum Gasteiger partial charge on any atom is 0.239 e. The minimum atomic E-state index is -3.41. The fourth-order valence-corrected chi connectivity index (χ4v) is 2.65. The van der Waals surface area contributed by atoms with Crippen LogP contribution in [0.15, 0.2) is 18.2 Å². The minimum Gasteiger partial charge on any atom is -0.497 e. The summed E-state index contributed by atoms with van der Waals surface area (Å²) in [6, 6.07) is 4.91. The van der Waals surface area contributed by atoms with Gasteiger partial charge in [-0.3, -0.25) is 4.79 Å². The molecule has 0 unspecified atom stereocenters. The number of hydrogen-bond acceptors (Lipinski definition) is 5. The van der Waals surface area contributed by atoms with Crippen LogP contribution in [0.3, 0.4) is 0 Å². The van der Waals surface area contributed by atoms with Gasteiger partial charge in [0.05, 0.1) is 32.2 Å². The number of anilines is 1. The smallest absolute Gasteiger partial charge is 0.239 e. The average molecular weight is 316 g/mol. The van der Waals surface area contributed by atoms with Crippen LogP contribution in [-0.4, -0.2) is 40.8 Å². The molecule has 7 nitrogen and oxygen atoms in total. The molecule has 1 rings (SSSR count). The molecule has 0 saturated carbocycles. The van der Waals surface area contributed by atoms with Crippen LogP contribution in [0.25, 0.3) is 0 Å². The van der Waals surface area contributed by atoms with Crippen LogP contribution in [0.4, 0.5) is 5.69 Å². The Morgan fingerprint density at radius 3 is 2.52 bits per heavy atom. The number of sulfonamides is 1. The second kappa shape index (κ2) is 7.84. The Hall–Kier alpha value is -1.80. The van der Waals surface area contributed by atoms with Crippen LogP contribution < -0.4 is 19.5 Å². The highest BCUT2D eigenvalue weighted by Crippen LogP contribution is 2.28. The Morgan fingerprint density at radius 2 is 1.95 bits per heavy atom. The predicted octanol–water partition coefficient (Wildman–Crippen LogP) is 0.972. The highest BCUT2D eigenvalue weighted by atomic mass is 32.2. The summed E-state index contributed by atoms with van der Waals surface area (Å²) in [6.07, 6.45) is 0.489. The standard InChI is InChI=1S/C13H20N2O5S/c1-4-7-21(17,18)14-9-13(16)15-11-6-5-10(19-2)8-12(11)20-3/h5-6,8,14H,4,7,9H2,1-3H3,(H,15,16). The highest BCUT2D eigenvalue weighted by Gasteiger charge is 2.13. The van der Waals surface area contributed by atoms with E-state index in [0.717, 1.165) is 0 Å². The summed E-state index contributed by atoms with van der Waals surface area (Å²) < 4.78 is 35.3. The van der Waals surface area contributed by atoms with Crippen molar-refractivity contribution >= 4 is 21.6 Å². The quantitative estimate of drug-likeness (QED) is 0.745. The maximum absolute atomic E-state index is 11.8. The van der Waals surface area contributed by atoms with E-state index in [1.165, 1.54) is 14.2 Å². The van der Waals surface area contributed by atoms with Crippen LogP contribution >= 0.6 is 0 Å². The second-order valence-corrected chi connectivity index (χ2v) is 6.18. The molecular formula is C13H20N2O5S. The van der Waals surface area contributed by atoms with Crippen molar-refractivity contribution < 1.29 is 22.7 Å². The lowest BCUT2D eigenvalue weighted by molar-refractivity contribution is -0.115. The van der Waals surface area contributed by atoms with Crippen LogP contribution in [0.2, 0.25) is 0 Å². The molecule has 8 heteroatoms. The lowest BCUT2D eigenvalue weighted by atomic mass is 10.2. The van der Waals surface area contributed by atoms with E-state index in [2.05, 4.69) is 10.0 Å². The van der Waals surface area contributed by atoms with Crippen LogP contribution in [-0.2, 0) is 14.8 Å². The zero-order valence-corrected chi connectivity index (χ0v) is 13.1. The van der Waals surface area contributed by atoms with Gasteiger partial charge in [0, 0.05) is 6.07 Å². The van der Waals surface area contributed by atoms with Crippen molar-refractivity contribution in [3.8, 4) is 11.5 Å². The van der Waals surface area contributed by atoms with Gasteiger partial charge in [0.25, 0.3) is 0 Å². The van der Waals surface area contributed by atoms with Crippen molar-refractivity contribution in [1.82, 2.24) is 4.72 Å². The van der Waals surface area contributed by atoms with Gasteiger partial charge in [-0.25, -0.2) is 13.1 Å². The van der Waals surface area contributed by atoms with E-state index in [1.807, 2.05) is 0 Å². The summed E-state index contributed by atoms with van der Waals surface area (Å²) in [7, 11) is -0.417. The van der Waals surface area contributed by atoms with Crippen molar-refractivity contribution in [2.75, 3.05) is 31.8 Å². The SMILES string of the molecule is CCCS(=O)(=O)NCC(=O)Nc1ccc(OC)cc1OC. The van der Waals surface area contributed by atoms with Gasteiger partial charge in [0.1, 0.15) is 11.5 Å². The molecule has 118 valence electrons. The monoisotopic (exact) mass is 316 g/mol. The van der Waals surface area contributed by atoms with E-state index >= 15 is 0 Å². The summed E-state index contributed by atoms with van der Waals surface area (Å²) in [5.74, 6) is 0.539. The number of hydrogen-bond donors (Lipinski definition) is 2. The molecule has 0 atom stereocenters. The van der Waals surface area contributed by atoms with E-state index in [-0.39, 0.29) is 12.3 Å². The van der Waals surface area contributed by atoms with E-state index in [1.54, 1.807) is 25.1 Å². The van der Waals surface area contributed by atoms with Gasteiger partial charge in [0.2, 0.25) is 15.9 Å². The first-order valence-corrected chi connectivity index (χ1v) is 8.06. The molecule has 0 heterocycles. The van der Waals surface area contributed by atoms with Crippen LogP contribution in [0.1, 0.15) is 13.3 Å². The lowest BCUT2D eigenvalue weighted by Gasteiger charge is -2.12. The normalized spacial score (nSPS) is 11.0. The summed E-state index contributed by atoms with van der Waals surface area (Å²) in [6.45, 7) is 1.43. The average Bonchev–Trinajstić information content (AvgIpc) is 2.45. The first-order valence-electron chi connectivity index (χ1n) is 6.41. The number of nitrogens with one attached hydrogen (secondary N) is 2. The second-order valence-electron chi connectivity index (χ2n) is 4.25. The summed E-state index contributed by atoms with van der Waals surface area (Å²) in [4.78, 5) is 11.8. The van der Waals surface area contributed by atoms with Gasteiger partial charge in [-0.2, -0.15) is 0 Å². The van der Waals surface area contributed by atoms with Crippen molar-refractivity contribution in [3.05, 3.63) is 18.2 Å². The molecule has 0 fully saturated rings. The largest absolute Gasteiger partial charge is 0.497 e. The summed E-state index contributed by atoms with van der Waals surface area (Å²) >= 11 is 0. The van der Waals surface area contributed by atoms with E-state index in [0.29, 0.717) is 23.6 Å². The number of ether oxygens (including phenoxy) is 2. The van der Waals surface area contributed by atoms with Crippen molar-refractivity contribution in [2.24, 2.45) is 0 Å². The van der Waals surface area contributed by atoms with Gasteiger partial charge >= 0.3 is 0 Å². The fraction of sp³-hybridized carbons (Fsp3) is 0.462. The number of carbonyl (C=O) groups excluding carboxylic acids is 1. The molecule has 0 aliphatic rings. The zero-order chi connectivity index (χ0) is 15.9. The molecule has 0 bridgehead atoms. The molecule has 1 amide bonds. The molecule has 0 saturated heterocycles. The maximum atomic E-state index is 11.8. The molecule has 0 aliphatic heterocycles. The molecule has 0 radical (unpaired) electrons. The Kier molecular flexibility index (Phi) is 6.44. The summed E-state index contributed by atoms with van der Waals surface area (Å²) in [5, 5.41) is 2.58. The Labute approximate surface area is 124 Å². The first kappa shape index (κ1) is 17.3. The molecule has 0 aromatic heterocycles. The number of rotatable bonds is 8. The number of methoxy groups -OCH3 is 2. The Bertz CT molecular complexity index is 586. The van der Waals surface area contributed by atoms with Gasteiger partial charge in [0.15, 0.2) is 0 Å². The van der Waals surface area contributed by atoms with E-state index in [9.17, 15) is 13.2 Å². The van der Waals surface area contributed by atoms with Crippen LogP contribution in [0.5, 0.6) is 11.5 Å². The molecule has 0 spiro atoms. The first-order chi connectivity index (χ1) is 9.91. The third-order valence-electron chi connectivity index (χ3n) is 2.61. The molecule has 0 aliphatic carbocycles. The highest BCUT2D eigenvalue weighted by molar-refractivity contribution is 7.89. The summed E-state index contributed by atoms with van der Waals surface area (Å²) in [5.41, 5.74) is 0.443. The van der Waals surface area contributed by atoms with Crippen molar-refractivity contribution in [2.45, 2.75) is 13.3 Å². The fourth-order valence-electron chi connectivity index (χ4n) is 1.61. The van der Waals surface area contributed by atoms with E-state index in [4.69, 9.17) is 9.47 Å². The topological polar surface area (TPSA) is 93.7 Å². The van der Waals surface area contributed by atoms with Crippen molar-refractivity contribution in [3.63, 3.8) is 0 Å². The van der Waals surface area contributed by atoms with Gasteiger partial charge in [-0.1, -0.05) is 6.92 Å². The van der Waals surface area contributed by atoms with E-state index < -0.39 is 15.9 Å². The van der Waals surface area contributed by atoms with Gasteiger partial charge in [-0.15, -0.1) is 0 Å². The zero-order valence-electron chi connectivity index (χ0n) is 12.3.